The van der Waals surface area contributed by atoms with E-state index in [1.807, 2.05) is 45.0 Å². The molecule has 1 unspecified atom stereocenters. The average Bonchev–Trinajstić information content (AvgIpc) is 3.33. The topological polar surface area (TPSA) is 88.3 Å². The minimum Gasteiger partial charge on any atom is -0.345 e. The number of nitrogens with one attached hydrogen (secondary N) is 1. The highest BCUT2D eigenvalue weighted by molar-refractivity contribution is 5.97. The van der Waals surface area contributed by atoms with Gasteiger partial charge in [-0.2, -0.15) is 0 Å². The number of anilines is 1. The molecule has 2 amide bonds. The van der Waals surface area contributed by atoms with Crippen molar-refractivity contribution >= 4 is 28.6 Å². The van der Waals surface area contributed by atoms with Crippen molar-refractivity contribution in [1.29, 1.82) is 0 Å². The van der Waals surface area contributed by atoms with Gasteiger partial charge >= 0.3 is 0 Å². The fourth-order valence-corrected chi connectivity index (χ4v) is 3.64. The van der Waals surface area contributed by atoms with Gasteiger partial charge < -0.3 is 14.7 Å². The highest BCUT2D eigenvalue weighted by Crippen LogP contribution is 2.26. The number of benzene rings is 1. The summed E-state index contributed by atoms with van der Waals surface area (Å²) in [6, 6.07) is 9.31. The first-order valence-electron chi connectivity index (χ1n) is 9.90. The van der Waals surface area contributed by atoms with Crippen molar-refractivity contribution in [3.8, 4) is 0 Å². The summed E-state index contributed by atoms with van der Waals surface area (Å²) in [5.74, 6) is 0.102. The fraction of sp³-hybridized carbons (Fsp3) is 0.364. The molecule has 7 nitrogen and oxygen atoms in total. The largest absolute Gasteiger partial charge is 0.345 e. The third-order valence-electron chi connectivity index (χ3n) is 5.27. The standard InChI is InChI=1S/C22H24N4O3/c1-13(2)20-18-11-16(12-23-22(18)29-25-20)21(28)24-14(3)15-6-4-7-17(10-15)26-9-5-8-19(26)27/h4,6-7,10-14H,5,8-9H2,1-3H3,(H,24,28). The first kappa shape index (κ1) is 19.1. The minimum absolute atomic E-state index is 0.146. The second-order valence-electron chi connectivity index (χ2n) is 7.74. The van der Waals surface area contributed by atoms with E-state index >= 15 is 0 Å². The predicted molar refractivity (Wildman–Crippen MR) is 110 cm³/mol. The Morgan fingerprint density at radius 1 is 1.24 bits per heavy atom. The van der Waals surface area contributed by atoms with Gasteiger partial charge in [0.25, 0.3) is 11.6 Å². The maximum absolute atomic E-state index is 12.8. The van der Waals surface area contributed by atoms with Crippen LogP contribution >= 0.6 is 0 Å². The first-order chi connectivity index (χ1) is 13.9. The maximum Gasteiger partial charge on any atom is 0.257 e. The summed E-state index contributed by atoms with van der Waals surface area (Å²) in [6.45, 7) is 6.70. The first-order valence-corrected chi connectivity index (χ1v) is 9.90. The number of hydrogen-bond donors (Lipinski definition) is 1. The van der Waals surface area contributed by atoms with Gasteiger partial charge in [-0.25, -0.2) is 4.98 Å². The molecule has 2 aromatic heterocycles. The Bertz CT molecular complexity index is 1070. The second kappa shape index (κ2) is 7.66. The lowest BCUT2D eigenvalue weighted by atomic mass is 10.1. The van der Waals surface area contributed by atoms with E-state index in [9.17, 15) is 9.59 Å². The van der Waals surface area contributed by atoms with E-state index in [-0.39, 0.29) is 23.8 Å². The lowest BCUT2D eigenvalue weighted by Gasteiger charge is -2.19. The molecule has 7 heteroatoms. The molecule has 3 aromatic rings. The quantitative estimate of drug-likeness (QED) is 0.710. The molecule has 1 fully saturated rings. The number of carbonyl (C=O) groups is 2. The van der Waals surface area contributed by atoms with Crippen molar-refractivity contribution < 1.29 is 14.1 Å². The molecule has 1 atom stereocenters. The maximum atomic E-state index is 12.8. The molecule has 0 bridgehead atoms. The molecule has 1 aliphatic rings. The van der Waals surface area contributed by atoms with E-state index in [4.69, 9.17) is 4.52 Å². The number of fused-ring (bicyclic) bond motifs is 1. The highest BCUT2D eigenvalue weighted by Gasteiger charge is 2.22. The summed E-state index contributed by atoms with van der Waals surface area (Å²) in [6.07, 6.45) is 2.97. The Labute approximate surface area is 169 Å². The van der Waals surface area contributed by atoms with Crippen LogP contribution in [0.25, 0.3) is 11.1 Å². The van der Waals surface area contributed by atoms with E-state index in [1.165, 1.54) is 6.20 Å². The van der Waals surface area contributed by atoms with Crippen LogP contribution in [-0.2, 0) is 4.79 Å². The van der Waals surface area contributed by atoms with Crippen LogP contribution in [0.2, 0.25) is 0 Å². The molecule has 1 aromatic carbocycles. The molecule has 4 rings (SSSR count). The molecule has 1 saturated heterocycles. The zero-order chi connectivity index (χ0) is 20.5. The van der Waals surface area contributed by atoms with E-state index in [2.05, 4.69) is 15.5 Å². The molecule has 0 radical (unpaired) electrons. The van der Waals surface area contributed by atoms with Crippen molar-refractivity contribution in [2.75, 3.05) is 11.4 Å². The smallest absolute Gasteiger partial charge is 0.257 e. The SMILES string of the molecule is CC(C)c1noc2ncc(C(=O)NC(C)c3cccc(N4CCCC4=O)c3)cc12. The molecular weight excluding hydrogens is 368 g/mol. The number of aromatic nitrogens is 2. The van der Waals surface area contributed by atoms with Gasteiger partial charge in [-0.05, 0) is 43.0 Å². The second-order valence-corrected chi connectivity index (χ2v) is 7.74. The number of pyridine rings is 1. The number of hydrogen-bond acceptors (Lipinski definition) is 5. The van der Waals surface area contributed by atoms with Crippen molar-refractivity contribution in [3.63, 3.8) is 0 Å². The summed E-state index contributed by atoms with van der Waals surface area (Å²) in [4.78, 5) is 30.8. The average molecular weight is 392 g/mol. The molecule has 3 heterocycles. The number of rotatable bonds is 5. The lowest BCUT2D eigenvalue weighted by molar-refractivity contribution is -0.117. The van der Waals surface area contributed by atoms with Gasteiger partial charge in [-0.3, -0.25) is 9.59 Å². The summed E-state index contributed by atoms with van der Waals surface area (Å²) < 4.78 is 5.24. The lowest BCUT2D eigenvalue weighted by Crippen LogP contribution is -2.27. The Kier molecular flexibility index (Phi) is 5.05. The molecule has 0 saturated carbocycles. The van der Waals surface area contributed by atoms with Gasteiger partial charge in [0.15, 0.2) is 0 Å². The van der Waals surface area contributed by atoms with E-state index in [0.29, 0.717) is 17.7 Å². The van der Waals surface area contributed by atoms with Gasteiger partial charge in [0.1, 0.15) is 0 Å². The molecule has 0 aliphatic carbocycles. The van der Waals surface area contributed by atoms with Crippen LogP contribution in [0.1, 0.15) is 67.2 Å². The number of amides is 2. The number of nitrogens with zero attached hydrogens (tertiary/aromatic N) is 3. The molecule has 29 heavy (non-hydrogen) atoms. The van der Waals surface area contributed by atoms with Gasteiger partial charge in [-0.15, -0.1) is 0 Å². The van der Waals surface area contributed by atoms with Crippen LogP contribution in [-0.4, -0.2) is 28.5 Å². The highest BCUT2D eigenvalue weighted by atomic mass is 16.5. The van der Waals surface area contributed by atoms with Gasteiger partial charge in [0.2, 0.25) is 5.91 Å². The van der Waals surface area contributed by atoms with Gasteiger partial charge in [0.05, 0.1) is 22.7 Å². The normalized spacial score (nSPS) is 15.3. The van der Waals surface area contributed by atoms with Crippen molar-refractivity contribution in [2.24, 2.45) is 0 Å². The predicted octanol–water partition coefficient (Wildman–Crippen LogP) is 3.96. The molecular formula is C22H24N4O3. The minimum atomic E-state index is -0.220. The number of carbonyl (C=O) groups excluding carboxylic acids is 2. The zero-order valence-electron chi connectivity index (χ0n) is 16.8. The molecule has 1 aliphatic heterocycles. The Hall–Kier alpha value is -3.22. The van der Waals surface area contributed by atoms with E-state index in [0.717, 1.165) is 35.3 Å². The summed E-state index contributed by atoms with van der Waals surface area (Å²) in [5, 5.41) is 7.83. The van der Waals surface area contributed by atoms with Gasteiger partial charge in [-0.1, -0.05) is 31.1 Å². The van der Waals surface area contributed by atoms with Crippen LogP contribution in [0.15, 0.2) is 41.1 Å². The summed E-state index contributed by atoms with van der Waals surface area (Å²) >= 11 is 0. The van der Waals surface area contributed by atoms with Crippen molar-refractivity contribution in [1.82, 2.24) is 15.5 Å². The molecule has 0 spiro atoms. The van der Waals surface area contributed by atoms with Crippen LogP contribution < -0.4 is 10.2 Å². The summed E-state index contributed by atoms with van der Waals surface area (Å²) in [7, 11) is 0. The molecule has 150 valence electrons. The Morgan fingerprint density at radius 2 is 2.07 bits per heavy atom. The van der Waals surface area contributed by atoms with E-state index in [1.54, 1.807) is 11.0 Å². The third kappa shape index (κ3) is 3.72. The van der Waals surface area contributed by atoms with Crippen LogP contribution in [0.3, 0.4) is 0 Å². The molecule has 1 N–H and O–H groups in total. The zero-order valence-corrected chi connectivity index (χ0v) is 16.8. The summed E-state index contributed by atoms with van der Waals surface area (Å²) in [5.41, 5.74) is 3.50. The Balaban J connectivity index is 1.53. The Morgan fingerprint density at radius 3 is 2.79 bits per heavy atom. The van der Waals surface area contributed by atoms with Crippen molar-refractivity contribution in [3.05, 3.63) is 53.3 Å². The monoisotopic (exact) mass is 392 g/mol. The van der Waals surface area contributed by atoms with Gasteiger partial charge in [0, 0.05) is 24.8 Å². The third-order valence-corrected chi connectivity index (χ3v) is 5.27. The van der Waals surface area contributed by atoms with Crippen LogP contribution in [0.4, 0.5) is 5.69 Å². The van der Waals surface area contributed by atoms with E-state index < -0.39 is 0 Å². The fourth-order valence-electron chi connectivity index (χ4n) is 3.64. The van der Waals surface area contributed by atoms with Crippen LogP contribution in [0.5, 0.6) is 0 Å². The van der Waals surface area contributed by atoms with Crippen LogP contribution in [0, 0.1) is 0 Å². The van der Waals surface area contributed by atoms with Crippen molar-refractivity contribution in [2.45, 2.75) is 45.6 Å².